The Balaban J connectivity index is 0.00000420. The molecule has 2 aromatic carbocycles. The van der Waals surface area contributed by atoms with Crippen molar-refractivity contribution in [3.8, 4) is 0 Å². The first-order valence-electron chi connectivity index (χ1n) is 14.4. The predicted octanol–water partition coefficient (Wildman–Crippen LogP) is 4.92. The van der Waals surface area contributed by atoms with Gasteiger partial charge in [-0.15, -0.1) is 0 Å². The van der Waals surface area contributed by atoms with Crippen LogP contribution >= 0.6 is 0 Å². The van der Waals surface area contributed by atoms with E-state index in [9.17, 15) is 0 Å². The molecule has 0 radical (unpaired) electrons. The number of nitrogens with zero attached hydrogens (tertiary/aromatic N) is 2. The van der Waals surface area contributed by atoms with Crippen LogP contribution in [0.2, 0.25) is 0 Å². The lowest BCUT2D eigenvalue weighted by Crippen LogP contribution is -3.05. The van der Waals surface area contributed by atoms with Crippen molar-refractivity contribution in [1.82, 2.24) is 4.98 Å². The summed E-state index contributed by atoms with van der Waals surface area (Å²) in [7, 11) is 0. The van der Waals surface area contributed by atoms with E-state index in [0.717, 1.165) is 19.0 Å². The zero-order chi connectivity index (χ0) is 27.6. The first-order chi connectivity index (χ1) is 18.1. The molecule has 0 fully saturated rings. The molecule has 4 rings (SSSR count). The van der Waals surface area contributed by atoms with Crippen LogP contribution in [0.3, 0.4) is 0 Å². The number of anilines is 2. The number of quaternary nitrogens is 1. The fourth-order valence-corrected chi connectivity index (χ4v) is 5.82. The Kier molecular flexibility index (Phi) is 10.3. The number of para-hydroxylation sites is 2. The fraction of sp³-hybridized carbons (Fsp3) is 0.441. The van der Waals surface area contributed by atoms with Crippen molar-refractivity contribution >= 4 is 17.2 Å². The minimum Gasteiger partial charge on any atom is -1.00 e. The van der Waals surface area contributed by atoms with E-state index in [-0.39, 0.29) is 12.4 Å². The Morgan fingerprint density at radius 3 is 1.72 bits per heavy atom. The molecule has 0 bridgehead atoms. The molecule has 1 aromatic heterocycles. The van der Waals surface area contributed by atoms with Crippen molar-refractivity contribution in [3.63, 3.8) is 0 Å². The van der Waals surface area contributed by atoms with E-state index in [4.69, 9.17) is 0 Å². The summed E-state index contributed by atoms with van der Waals surface area (Å²) in [6.45, 7) is 22.5. The molecule has 1 unspecified atom stereocenters. The molecule has 4 nitrogen and oxygen atoms in total. The van der Waals surface area contributed by atoms with Gasteiger partial charge in [-0.05, 0) is 46.9 Å². The number of hydrogen-bond acceptors (Lipinski definition) is 3. The molecule has 0 amide bonds. The number of pyridine rings is 1. The first kappa shape index (κ1) is 30.7. The molecular formula is C34H47ClN4. The van der Waals surface area contributed by atoms with Crippen LogP contribution in [-0.4, -0.2) is 18.2 Å². The molecule has 0 spiro atoms. The zero-order valence-electron chi connectivity index (χ0n) is 25.3. The van der Waals surface area contributed by atoms with Gasteiger partial charge in [-0.1, -0.05) is 97.9 Å². The number of rotatable bonds is 9. The third-order valence-electron chi connectivity index (χ3n) is 7.92. The lowest BCUT2D eigenvalue weighted by molar-refractivity contribution is -0.783. The molecule has 2 N–H and O–H groups in total. The highest BCUT2D eigenvalue weighted by atomic mass is 35.5. The SMILES string of the molecule is CC1=C(CNc2ccccn2)N(c2c(C(C)C)cccc2C(C)C)C[NH+]1c1c(C(C)C)cccc1C(C)C.[Cl-]. The highest BCUT2D eigenvalue weighted by molar-refractivity contribution is 5.67. The molecular weight excluding hydrogens is 500 g/mol. The Morgan fingerprint density at radius 2 is 1.26 bits per heavy atom. The molecule has 39 heavy (non-hydrogen) atoms. The summed E-state index contributed by atoms with van der Waals surface area (Å²) in [6.07, 6.45) is 1.85. The van der Waals surface area contributed by atoms with Crippen molar-refractivity contribution in [2.75, 3.05) is 23.4 Å². The second kappa shape index (κ2) is 13.0. The minimum absolute atomic E-state index is 0. The summed E-state index contributed by atoms with van der Waals surface area (Å²) in [4.78, 5) is 8.63. The van der Waals surface area contributed by atoms with Gasteiger partial charge in [0.25, 0.3) is 0 Å². The standard InChI is InChI=1S/C34H46N4.ClH/c1-22(2)27-14-12-15-28(23(3)4)33(27)37-21-38(31(26(37)9)20-36-32-18-10-11-19-35-32)34-29(24(5)6)16-13-17-30(34)25(7)8;/h10-19,22-25H,20-21H2,1-9H3,(H,35,36);1H. The summed E-state index contributed by atoms with van der Waals surface area (Å²) < 4.78 is 0. The summed E-state index contributed by atoms with van der Waals surface area (Å²) in [5.41, 5.74) is 11.3. The van der Waals surface area contributed by atoms with Crippen LogP contribution in [0.4, 0.5) is 17.2 Å². The molecule has 5 heteroatoms. The van der Waals surface area contributed by atoms with E-state index in [2.05, 4.69) is 114 Å². The Hall–Kier alpha value is -2.82. The first-order valence-corrected chi connectivity index (χ1v) is 14.4. The highest BCUT2D eigenvalue weighted by Gasteiger charge is 2.38. The van der Waals surface area contributed by atoms with Crippen molar-refractivity contribution in [1.29, 1.82) is 0 Å². The third kappa shape index (κ3) is 6.34. The minimum atomic E-state index is 0. The van der Waals surface area contributed by atoms with E-state index in [1.165, 1.54) is 49.9 Å². The molecule has 0 saturated heterocycles. The van der Waals surface area contributed by atoms with Gasteiger partial charge in [0.15, 0.2) is 6.67 Å². The smallest absolute Gasteiger partial charge is 0.166 e. The quantitative estimate of drug-likeness (QED) is 0.400. The predicted molar refractivity (Wildman–Crippen MR) is 163 cm³/mol. The lowest BCUT2D eigenvalue weighted by Gasteiger charge is -2.30. The molecule has 210 valence electrons. The number of nitrogens with one attached hydrogen (secondary N) is 2. The van der Waals surface area contributed by atoms with E-state index < -0.39 is 0 Å². The second-order valence-corrected chi connectivity index (χ2v) is 11.9. The van der Waals surface area contributed by atoms with Crippen molar-refractivity contribution < 1.29 is 17.3 Å². The summed E-state index contributed by atoms with van der Waals surface area (Å²) in [5.74, 6) is 2.71. The van der Waals surface area contributed by atoms with Gasteiger partial charge in [-0.25, -0.2) is 4.98 Å². The summed E-state index contributed by atoms with van der Waals surface area (Å²) in [5, 5.41) is 3.64. The van der Waals surface area contributed by atoms with Crippen molar-refractivity contribution in [2.45, 2.75) is 86.0 Å². The van der Waals surface area contributed by atoms with Gasteiger partial charge < -0.3 is 17.7 Å². The zero-order valence-corrected chi connectivity index (χ0v) is 26.0. The van der Waals surface area contributed by atoms with Gasteiger partial charge in [0.2, 0.25) is 0 Å². The Morgan fingerprint density at radius 1 is 0.744 bits per heavy atom. The maximum Gasteiger partial charge on any atom is 0.166 e. The van der Waals surface area contributed by atoms with Gasteiger partial charge in [0.1, 0.15) is 17.2 Å². The Labute approximate surface area is 242 Å². The molecule has 0 aliphatic carbocycles. The van der Waals surface area contributed by atoms with E-state index in [1.54, 1.807) is 0 Å². The molecule has 1 atom stereocenters. The van der Waals surface area contributed by atoms with Gasteiger partial charge in [-0.2, -0.15) is 0 Å². The topological polar surface area (TPSA) is 32.6 Å². The van der Waals surface area contributed by atoms with E-state index >= 15 is 0 Å². The normalized spacial score (nSPS) is 15.6. The van der Waals surface area contributed by atoms with Crippen LogP contribution in [0.5, 0.6) is 0 Å². The average molecular weight is 547 g/mol. The number of aromatic nitrogens is 1. The summed E-state index contributed by atoms with van der Waals surface area (Å²) in [6, 6.07) is 19.9. The Bertz CT molecular complexity index is 1230. The number of hydrogen-bond donors (Lipinski definition) is 2. The number of halogens is 1. The summed E-state index contributed by atoms with van der Waals surface area (Å²) >= 11 is 0. The van der Waals surface area contributed by atoms with Crippen LogP contribution in [0, 0.1) is 0 Å². The maximum atomic E-state index is 4.55. The van der Waals surface area contributed by atoms with Crippen LogP contribution in [0.1, 0.15) is 108 Å². The molecule has 3 aromatic rings. The van der Waals surface area contributed by atoms with Gasteiger partial charge >= 0.3 is 0 Å². The largest absolute Gasteiger partial charge is 1.00 e. The number of benzene rings is 2. The van der Waals surface area contributed by atoms with Crippen molar-refractivity contribution in [2.24, 2.45) is 0 Å². The van der Waals surface area contributed by atoms with Crippen molar-refractivity contribution in [3.05, 3.63) is 94.4 Å². The fourth-order valence-electron chi connectivity index (χ4n) is 5.82. The van der Waals surface area contributed by atoms with Crippen LogP contribution in [0.15, 0.2) is 72.2 Å². The van der Waals surface area contributed by atoms with Gasteiger partial charge in [0, 0.05) is 24.2 Å². The average Bonchev–Trinajstić information content (AvgIpc) is 3.22. The third-order valence-corrected chi connectivity index (χ3v) is 7.92. The molecule has 1 aliphatic rings. The number of allylic oxidation sites excluding steroid dienone is 1. The van der Waals surface area contributed by atoms with Crippen LogP contribution in [-0.2, 0) is 0 Å². The molecule has 0 saturated carbocycles. The monoisotopic (exact) mass is 546 g/mol. The van der Waals surface area contributed by atoms with Gasteiger partial charge in [0.05, 0.1) is 17.9 Å². The molecule has 1 aliphatic heterocycles. The van der Waals surface area contributed by atoms with Gasteiger partial charge in [-0.3, -0.25) is 9.80 Å². The second-order valence-electron chi connectivity index (χ2n) is 11.9. The van der Waals surface area contributed by atoms with E-state index in [0.29, 0.717) is 23.7 Å². The van der Waals surface area contributed by atoms with Crippen LogP contribution < -0.4 is 27.5 Å². The van der Waals surface area contributed by atoms with E-state index in [1.807, 2.05) is 24.4 Å². The maximum absolute atomic E-state index is 4.55. The van der Waals surface area contributed by atoms with Crippen LogP contribution in [0.25, 0.3) is 0 Å². The molecule has 2 heterocycles. The lowest BCUT2D eigenvalue weighted by atomic mass is 9.91. The highest BCUT2D eigenvalue weighted by Crippen LogP contribution is 2.39.